The molecule has 86 valence electrons. The van der Waals surface area contributed by atoms with E-state index in [-0.39, 0.29) is 5.91 Å². The van der Waals surface area contributed by atoms with E-state index >= 15 is 0 Å². The number of hydrogen-bond donors (Lipinski definition) is 0. The van der Waals surface area contributed by atoms with Crippen LogP contribution in [0.3, 0.4) is 0 Å². The van der Waals surface area contributed by atoms with Gasteiger partial charge in [-0.2, -0.15) is 0 Å². The van der Waals surface area contributed by atoms with Gasteiger partial charge < -0.3 is 0 Å². The third kappa shape index (κ3) is 2.16. The molecular formula is C14H19NO. The molecule has 1 heterocycles. The number of nitrogens with zero attached hydrogens (tertiary/aromatic N) is 1. The molecule has 2 aromatic rings. The summed E-state index contributed by atoms with van der Waals surface area (Å²) in [6, 6.07) is 8.01. The Hall–Kier alpha value is -1.57. The number of para-hydroxylation sites is 1. The zero-order chi connectivity index (χ0) is 12.1. The summed E-state index contributed by atoms with van der Waals surface area (Å²) in [5.74, 6) is 0.0703. The summed E-state index contributed by atoms with van der Waals surface area (Å²) in [5, 5.41) is 1.19. The van der Waals surface area contributed by atoms with Gasteiger partial charge in [-0.1, -0.05) is 39.0 Å². The lowest BCUT2D eigenvalue weighted by atomic mass is 10.1. The van der Waals surface area contributed by atoms with Crippen LogP contribution in [0.25, 0.3) is 10.9 Å². The van der Waals surface area contributed by atoms with Crippen molar-refractivity contribution in [2.75, 3.05) is 0 Å². The fraction of sp³-hybridized carbons (Fsp3) is 0.357. The Kier molecular flexibility index (Phi) is 4.29. The third-order valence-electron chi connectivity index (χ3n) is 2.51. The molecule has 1 aromatic heterocycles. The predicted molar refractivity (Wildman–Crippen MR) is 69.0 cm³/mol. The van der Waals surface area contributed by atoms with Crippen molar-refractivity contribution in [2.45, 2.75) is 34.1 Å². The molecular weight excluding hydrogens is 198 g/mol. The van der Waals surface area contributed by atoms with Crippen molar-refractivity contribution in [1.29, 1.82) is 0 Å². The molecule has 0 saturated carbocycles. The lowest BCUT2D eigenvalue weighted by Crippen LogP contribution is -2.02. The van der Waals surface area contributed by atoms with Gasteiger partial charge >= 0.3 is 0 Å². The highest BCUT2D eigenvalue weighted by molar-refractivity contribution is 5.93. The minimum absolute atomic E-state index is 0.0703. The SMILES string of the molecule is CC.CCc1cn(C(C)=O)c2ccccc12. The summed E-state index contributed by atoms with van der Waals surface area (Å²) < 4.78 is 1.72. The normalized spacial score (nSPS) is 9.75. The second-order valence-electron chi connectivity index (χ2n) is 3.41. The molecule has 0 spiro atoms. The molecule has 16 heavy (non-hydrogen) atoms. The molecule has 1 aromatic carbocycles. The van der Waals surface area contributed by atoms with E-state index < -0.39 is 0 Å². The summed E-state index contributed by atoms with van der Waals surface area (Å²) in [4.78, 5) is 11.4. The number of benzene rings is 1. The van der Waals surface area contributed by atoms with Gasteiger partial charge in [0.25, 0.3) is 0 Å². The monoisotopic (exact) mass is 217 g/mol. The summed E-state index contributed by atoms with van der Waals surface area (Å²) in [5.41, 5.74) is 2.24. The van der Waals surface area contributed by atoms with Crippen molar-refractivity contribution in [3.05, 3.63) is 36.0 Å². The molecule has 0 aliphatic rings. The lowest BCUT2D eigenvalue weighted by Gasteiger charge is -1.97. The number of aromatic nitrogens is 1. The van der Waals surface area contributed by atoms with E-state index in [2.05, 4.69) is 13.0 Å². The minimum atomic E-state index is 0.0703. The molecule has 0 aliphatic carbocycles. The standard InChI is InChI=1S/C12H13NO.C2H6/c1-3-10-8-13(9(2)14)12-7-5-4-6-11(10)12;1-2/h4-8H,3H2,1-2H3;1-2H3. The molecule has 0 saturated heterocycles. The first-order chi connectivity index (χ1) is 7.74. The van der Waals surface area contributed by atoms with Crippen LogP contribution in [0.15, 0.2) is 30.5 Å². The van der Waals surface area contributed by atoms with Crippen molar-refractivity contribution >= 4 is 16.8 Å². The van der Waals surface area contributed by atoms with E-state index in [1.54, 1.807) is 11.5 Å². The third-order valence-corrected chi connectivity index (χ3v) is 2.51. The van der Waals surface area contributed by atoms with Crippen molar-refractivity contribution < 1.29 is 4.79 Å². The average Bonchev–Trinajstić information content (AvgIpc) is 2.70. The minimum Gasteiger partial charge on any atom is -0.287 e. The van der Waals surface area contributed by atoms with Gasteiger partial charge in [0.05, 0.1) is 5.52 Å². The maximum Gasteiger partial charge on any atom is 0.227 e. The first kappa shape index (κ1) is 12.5. The largest absolute Gasteiger partial charge is 0.287 e. The van der Waals surface area contributed by atoms with Crippen LogP contribution in [0.4, 0.5) is 0 Å². The fourth-order valence-electron chi connectivity index (χ4n) is 1.79. The van der Waals surface area contributed by atoms with Crippen LogP contribution in [0, 0.1) is 0 Å². The number of carbonyl (C=O) groups excluding carboxylic acids is 1. The molecule has 0 atom stereocenters. The van der Waals surface area contributed by atoms with Crippen LogP contribution in [0.5, 0.6) is 0 Å². The van der Waals surface area contributed by atoms with E-state index in [0.29, 0.717) is 0 Å². The fourth-order valence-corrected chi connectivity index (χ4v) is 1.79. The van der Waals surface area contributed by atoms with E-state index in [1.165, 1.54) is 10.9 Å². The molecule has 2 rings (SSSR count). The van der Waals surface area contributed by atoms with Gasteiger partial charge in [-0.3, -0.25) is 9.36 Å². The maximum atomic E-state index is 11.4. The highest BCUT2D eigenvalue weighted by atomic mass is 16.1. The highest BCUT2D eigenvalue weighted by Gasteiger charge is 2.08. The van der Waals surface area contributed by atoms with Crippen molar-refractivity contribution in [3.63, 3.8) is 0 Å². The van der Waals surface area contributed by atoms with Gasteiger partial charge in [0.1, 0.15) is 0 Å². The second-order valence-corrected chi connectivity index (χ2v) is 3.41. The number of rotatable bonds is 1. The molecule has 0 unspecified atom stereocenters. The first-order valence-corrected chi connectivity index (χ1v) is 5.84. The summed E-state index contributed by atoms with van der Waals surface area (Å²) in [6.07, 6.45) is 2.90. The van der Waals surface area contributed by atoms with E-state index in [0.717, 1.165) is 11.9 Å². The van der Waals surface area contributed by atoms with Crippen molar-refractivity contribution in [2.24, 2.45) is 0 Å². The Morgan fingerprint density at radius 1 is 1.25 bits per heavy atom. The van der Waals surface area contributed by atoms with Gasteiger partial charge in [-0.15, -0.1) is 0 Å². The Labute approximate surface area is 96.9 Å². The Morgan fingerprint density at radius 3 is 2.44 bits per heavy atom. The summed E-state index contributed by atoms with van der Waals surface area (Å²) in [7, 11) is 0. The first-order valence-electron chi connectivity index (χ1n) is 5.84. The van der Waals surface area contributed by atoms with E-state index in [4.69, 9.17) is 0 Å². The summed E-state index contributed by atoms with van der Waals surface area (Å²) >= 11 is 0. The van der Waals surface area contributed by atoms with Crippen molar-refractivity contribution in [1.82, 2.24) is 4.57 Å². The number of hydrogen-bond acceptors (Lipinski definition) is 1. The zero-order valence-corrected chi connectivity index (χ0v) is 10.4. The van der Waals surface area contributed by atoms with Gasteiger partial charge in [0, 0.05) is 18.5 Å². The zero-order valence-electron chi connectivity index (χ0n) is 10.4. The Balaban J connectivity index is 0.000000606. The van der Waals surface area contributed by atoms with Crippen molar-refractivity contribution in [3.8, 4) is 0 Å². The van der Waals surface area contributed by atoms with Gasteiger partial charge in [0.2, 0.25) is 5.91 Å². The van der Waals surface area contributed by atoms with Crippen LogP contribution < -0.4 is 0 Å². The van der Waals surface area contributed by atoms with Gasteiger partial charge in [-0.05, 0) is 18.1 Å². The van der Waals surface area contributed by atoms with E-state index in [9.17, 15) is 4.79 Å². The molecule has 2 heteroatoms. The number of aryl methyl sites for hydroxylation is 1. The number of fused-ring (bicyclic) bond motifs is 1. The predicted octanol–water partition coefficient (Wildman–Crippen LogP) is 3.89. The molecule has 0 N–H and O–H groups in total. The maximum absolute atomic E-state index is 11.4. The molecule has 0 bridgehead atoms. The molecule has 0 fully saturated rings. The highest BCUT2D eigenvalue weighted by Crippen LogP contribution is 2.21. The van der Waals surface area contributed by atoms with Crippen LogP contribution in [-0.2, 0) is 6.42 Å². The van der Waals surface area contributed by atoms with Crippen LogP contribution in [0.1, 0.15) is 38.1 Å². The quantitative estimate of drug-likeness (QED) is 0.710. The topological polar surface area (TPSA) is 22.0 Å². The van der Waals surface area contributed by atoms with E-state index in [1.807, 2.05) is 38.2 Å². The molecule has 2 nitrogen and oxygen atoms in total. The van der Waals surface area contributed by atoms with Gasteiger partial charge in [0.15, 0.2) is 0 Å². The smallest absolute Gasteiger partial charge is 0.227 e. The van der Waals surface area contributed by atoms with Crippen LogP contribution >= 0.6 is 0 Å². The van der Waals surface area contributed by atoms with Crippen LogP contribution in [0.2, 0.25) is 0 Å². The van der Waals surface area contributed by atoms with Crippen LogP contribution in [-0.4, -0.2) is 10.5 Å². The lowest BCUT2D eigenvalue weighted by molar-refractivity contribution is 0.0941. The van der Waals surface area contributed by atoms with Gasteiger partial charge in [-0.25, -0.2) is 0 Å². The molecule has 0 aliphatic heterocycles. The Morgan fingerprint density at radius 2 is 1.88 bits per heavy atom. The Bertz CT molecular complexity index is 482. The average molecular weight is 217 g/mol. The molecule has 0 amide bonds. The second kappa shape index (κ2) is 5.50. The number of carbonyl (C=O) groups is 1. The summed E-state index contributed by atoms with van der Waals surface area (Å²) in [6.45, 7) is 7.69. The molecule has 0 radical (unpaired) electrons.